The molecule has 0 fully saturated rings. The van der Waals surface area contributed by atoms with Crippen molar-refractivity contribution < 1.29 is 32.5 Å². The van der Waals surface area contributed by atoms with Gasteiger partial charge in [-0.25, -0.2) is 0 Å². The Balaban J connectivity index is 0.00000312. The largest absolute Gasteiger partial charge is 0.573 e. The summed E-state index contributed by atoms with van der Waals surface area (Å²) in [6.07, 6.45) is -4.76. The van der Waals surface area contributed by atoms with Gasteiger partial charge in [-0.15, -0.1) is 25.6 Å². The van der Waals surface area contributed by atoms with E-state index < -0.39 is 18.4 Å². The predicted molar refractivity (Wildman–Crippen MR) is 85.8 cm³/mol. The fourth-order valence-electron chi connectivity index (χ4n) is 2.04. The predicted octanol–water partition coefficient (Wildman–Crippen LogP) is 3.69. The second-order valence-electron chi connectivity index (χ2n) is 4.92. The average Bonchev–Trinajstić information content (AvgIpc) is 2.47. The molecule has 0 spiro atoms. The highest BCUT2D eigenvalue weighted by molar-refractivity contribution is 5.85. The van der Waals surface area contributed by atoms with Crippen LogP contribution in [0.5, 0.6) is 17.2 Å². The Kier molecular flexibility index (Phi) is 6.66. The van der Waals surface area contributed by atoms with Crippen molar-refractivity contribution in [1.29, 1.82) is 0 Å². The summed E-state index contributed by atoms with van der Waals surface area (Å²) < 4.78 is 45.0. The van der Waals surface area contributed by atoms with E-state index in [0.29, 0.717) is 11.1 Å². The van der Waals surface area contributed by atoms with Crippen molar-refractivity contribution in [3.63, 3.8) is 0 Å². The maximum Gasteiger partial charge on any atom is 0.573 e. The molecule has 3 N–H and O–H groups in total. The smallest absolute Gasteiger partial charge is 0.504 e. The minimum absolute atomic E-state index is 0. The number of rotatable bonds is 4. The summed E-state index contributed by atoms with van der Waals surface area (Å²) in [5.74, 6) is -1.21. The number of phenolic OH excluding ortho intramolecular Hbond substituents is 1. The van der Waals surface area contributed by atoms with E-state index in [0.717, 1.165) is 12.1 Å². The quantitative estimate of drug-likeness (QED) is 0.627. The number of alkyl halides is 3. The molecule has 0 amide bonds. The van der Waals surface area contributed by atoms with E-state index in [1.165, 1.54) is 31.2 Å². The number of hydrogen-bond donors (Lipinski definition) is 2. The summed E-state index contributed by atoms with van der Waals surface area (Å²) in [4.78, 5) is 10.9. The van der Waals surface area contributed by atoms with Crippen molar-refractivity contribution >= 4 is 18.4 Å². The first kappa shape index (κ1) is 20.6. The number of ether oxygens (including phenoxy) is 2. The molecule has 0 unspecified atom stereocenters. The number of carbonyl (C=O) groups excluding carboxylic acids is 1. The molecule has 5 nitrogen and oxygen atoms in total. The zero-order valence-electron chi connectivity index (χ0n) is 12.9. The molecule has 0 bridgehead atoms. The summed E-state index contributed by atoms with van der Waals surface area (Å²) in [7, 11) is 0. The van der Waals surface area contributed by atoms with Crippen molar-refractivity contribution in [2.45, 2.75) is 19.3 Å². The minimum Gasteiger partial charge on any atom is -0.504 e. The fraction of sp³-hybridized carbons (Fsp3) is 0.188. The van der Waals surface area contributed by atoms with Crippen LogP contribution >= 0.6 is 12.4 Å². The number of phenols is 1. The molecular weight excluding hydrogens is 363 g/mol. The summed E-state index contributed by atoms with van der Waals surface area (Å²) in [6.45, 7) is 1.20. The lowest BCUT2D eigenvalue weighted by molar-refractivity contribution is -0.274. The second-order valence-corrected chi connectivity index (χ2v) is 4.92. The number of carbonyl (C=O) groups is 1. The summed E-state index contributed by atoms with van der Waals surface area (Å²) in [5, 5.41) is 9.83. The van der Waals surface area contributed by atoms with Crippen LogP contribution in [0.1, 0.15) is 24.1 Å². The highest BCUT2D eigenvalue weighted by Gasteiger charge is 2.31. The second kappa shape index (κ2) is 8.09. The van der Waals surface area contributed by atoms with Gasteiger partial charge in [0.25, 0.3) is 0 Å². The fourth-order valence-corrected chi connectivity index (χ4v) is 2.04. The van der Waals surface area contributed by atoms with Crippen LogP contribution in [0.25, 0.3) is 0 Å². The van der Waals surface area contributed by atoms with Crippen LogP contribution in [0.2, 0.25) is 0 Å². The number of benzene rings is 2. The van der Waals surface area contributed by atoms with Gasteiger partial charge in [-0.2, -0.15) is 0 Å². The van der Waals surface area contributed by atoms with Crippen LogP contribution in [-0.2, 0) is 4.79 Å². The zero-order valence-corrected chi connectivity index (χ0v) is 13.7. The molecule has 0 aromatic heterocycles. The normalized spacial score (nSPS) is 12.0. The molecule has 0 aliphatic heterocycles. The highest BCUT2D eigenvalue weighted by atomic mass is 35.5. The molecule has 2 rings (SSSR count). The number of esters is 1. The van der Waals surface area contributed by atoms with E-state index in [1.807, 2.05) is 0 Å². The van der Waals surface area contributed by atoms with Crippen LogP contribution in [0.4, 0.5) is 13.2 Å². The van der Waals surface area contributed by atoms with E-state index in [-0.39, 0.29) is 29.7 Å². The first-order valence-electron chi connectivity index (χ1n) is 6.78. The SMILES string of the molecule is CC(=O)Oc1ccc([C@H](N)c2ccc(OC(F)(F)F)cc2)cc1O.Cl. The van der Waals surface area contributed by atoms with Gasteiger partial charge in [0.1, 0.15) is 5.75 Å². The van der Waals surface area contributed by atoms with Gasteiger partial charge in [-0.3, -0.25) is 4.79 Å². The number of hydrogen-bond acceptors (Lipinski definition) is 5. The first-order chi connectivity index (χ1) is 11.2. The minimum atomic E-state index is -4.76. The molecule has 0 saturated heterocycles. The van der Waals surface area contributed by atoms with Gasteiger partial charge in [-0.1, -0.05) is 18.2 Å². The Bertz CT molecular complexity index is 735. The summed E-state index contributed by atoms with van der Waals surface area (Å²) >= 11 is 0. The molecular formula is C16H15ClF3NO4. The molecule has 0 saturated carbocycles. The van der Waals surface area contributed by atoms with Gasteiger partial charge in [0.05, 0.1) is 6.04 Å². The molecule has 2 aromatic carbocycles. The standard InChI is InChI=1S/C16H14F3NO4.ClH/c1-9(21)23-14-7-4-11(8-13(14)22)15(20)10-2-5-12(6-3-10)24-16(17,18)19;/h2-8,15,22H,20H2,1H3;1H/t15-;/m1./s1. The monoisotopic (exact) mass is 377 g/mol. The maximum absolute atomic E-state index is 12.1. The lowest BCUT2D eigenvalue weighted by atomic mass is 9.99. The van der Waals surface area contributed by atoms with Crippen molar-refractivity contribution in [3.8, 4) is 17.2 Å². The van der Waals surface area contributed by atoms with E-state index in [4.69, 9.17) is 10.5 Å². The molecule has 25 heavy (non-hydrogen) atoms. The Morgan fingerprint density at radius 2 is 1.68 bits per heavy atom. The molecule has 9 heteroatoms. The molecule has 136 valence electrons. The molecule has 1 atom stereocenters. The molecule has 0 aliphatic carbocycles. The third-order valence-corrected chi connectivity index (χ3v) is 3.07. The third kappa shape index (κ3) is 5.84. The van der Waals surface area contributed by atoms with Crippen LogP contribution in [0.15, 0.2) is 42.5 Å². The number of aromatic hydroxyl groups is 1. The van der Waals surface area contributed by atoms with Crippen molar-refractivity contribution in [1.82, 2.24) is 0 Å². The van der Waals surface area contributed by atoms with Crippen molar-refractivity contribution in [2.75, 3.05) is 0 Å². The molecule has 0 aliphatic rings. The first-order valence-corrected chi connectivity index (χ1v) is 6.78. The van der Waals surface area contributed by atoms with Crippen molar-refractivity contribution in [2.24, 2.45) is 5.73 Å². The molecule has 0 heterocycles. The van der Waals surface area contributed by atoms with E-state index in [1.54, 1.807) is 6.07 Å². The maximum atomic E-state index is 12.1. The van der Waals surface area contributed by atoms with E-state index in [2.05, 4.69) is 4.74 Å². The van der Waals surface area contributed by atoms with Gasteiger partial charge in [0.2, 0.25) is 0 Å². The van der Waals surface area contributed by atoms with Crippen LogP contribution in [0, 0.1) is 0 Å². The van der Waals surface area contributed by atoms with Gasteiger partial charge in [0.15, 0.2) is 11.5 Å². The Morgan fingerprint density at radius 3 is 2.16 bits per heavy atom. The third-order valence-electron chi connectivity index (χ3n) is 3.07. The summed E-state index contributed by atoms with van der Waals surface area (Å²) in [6, 6.07) is 8.64. The average molecular weight is 378 g/mol. The van der Waals surface area contributed by atoms with Gasteiger partial charge >= 0.3 is 12.3 Å². The van der Waals surface area contributed by atoms with Gasteiger partial charge in [-0.05, 0) is 35.4 Å². The van der Waals surface area contributed by atoms with Crippen LogP contribution < -0.4 is 15.2 Å². The van der Waals surface area contributed by atoms with Crippen LogP contribution in [0.3, 0.4) is 0 Å². The number of nitrogens with two attached hydrogens (primary N) is 1. The van der Waals surface area contributed by atoms with E-state index >= 15 is 0 Å². The Hall–Kier alpha value is -2.45. The van der Waals surface area contributed by atoms with E-state index in [9.17, 15) is 23.1 Å². The van der Waals surface area contributed by atoms with Gasteiger partial charge < -0.3 is 20.3 Å². The molecule has 0 radical (unpaired) electrons. The zero-order chi connectivity index (χ0) is 17.9. The van der Waals surface area contributed by atoms with Crippen LogP contribution in [-0.4, -0.2) is 17.4 Å². The van der Waals surface area contributed by atoms with Gasteiger partial charge in [0, 0.05) is 6.92 Å². The number of halogens is 4. The topological polar surface area (TPSA) is 81.8 Å². The van der Waals surface area contributed by atoms with Crippen molar-refractivity contribution in [3.05, 3.63) is 53.6 Å². The Labute approximate surface area is 147 Å². The lowest BCUT2D eigenvalue weighted by Crippen LogP contribution is -2.17. The lowest BCUT2D eigenvalue weighted by Gasteiger charge is -2.15. The Morgan fingerprint density at radius 1 is 1.12 bits per heavy atom. The highest BCUT2D eigenvalue weighted by Crippen LogP contribution is 2.31. The summed E-state index contributed by atoms with van der Waals surface area (Å²) in [5.41, 5.74) is 7.04. The molecule has 2 aromatic rings.